The van der Waals surface area contributed by atoms with Crippen molar-refractivity contribution < 1.29 is 12.9 Å². The van der Waals surface area contributed by atoms with Gasteiger partial charge in [-0.2, -0.15) is 0 Å². The van der Waals surface area contributed by atoms with Crippen molar-refractivity contribution in [2.24, 2.45) is 11.3 Å². The maximum Gasteiger partial charge on any atom is 0.506 e. The lowest BCUT2D eigenvalue weighted by molar-refractivity contribution is 0.234. The number of nitrogens with zero attached hydrogens (tertiary/aromatic N) is 1. The SMILES string of the molecule is C=C(CN1CCC(C(C)(C)C)C1)[B-](F)(F)F. The number of halogens is 3. The molecule has 0 aromatic carbocycles. The first kappa shape index (κ1) is 13.6. The molecular weight excluding hydrogens is 214 g/mol. The largest absolute Gasteiger partial charge is 0.506 e. The molecular formula is C11H20BF3N-. The van der Waals surface area contributed by atoms with Crippen LogP contribution in [0.5, 0.6) is 0 Å². The highest BCUT2D eigenvalue weighted by Gasteiger charge is 2.34. The standard InChI is InChI=1S/C11H20BF3N/c1-9(12(13,14)15)7-16-6-5-10(8-16)11(2,3)4/h10H,1,5-8H2,2-4H3/q-1. The normalized spacial score (nSPS) is 23.8. The van der Waals surface area contributed by atoms with Gasteiger partial charge in [0.1, 0.15) is 0 Å². The van der Waals surface area contributed by atoms with Crippen molar-refractivity contribution in [2.75, 3.05) is 19.6 Å². The first-order chi connectivity index (χ1) is 7.10. The van der Waals surface area contributed by atoms with Crippen molar-refractivity contribution in [3.05, 3.63) is 12.1 Å². The maximum atomic E-state index is 12.4. The van der Waals surface area contributed by atoms with E-state index in [9.17, 15) is 12.9 Å². The van der Waals surface area contributed by atoms with Gasteiger partial charge in [0, 0.05) is 6.54 Å². The summed E-state index contributed by atoms with van der Waals surface area (Å²) in [5.41, 5.74) is -0.394. The summed E-state index contributed by atoms with van der Waals surface area (Å²) in [4.78, 5) is 1.87. The molecule has 0 saturated carbocycles. The van der Waals surface area contributed by atoms with Crippen molar-refractivity contribution in [1.82, 2.24) is 4.90 Å². The first-order valence-corrected chi connectivity index (χ1v) is 5.70. The van der Waals surface area contributed by atoms with Crippen LogP contribution in [0.15, 0.2) is 12.1 Å². The zero-order chi connectivity index (χ0) is 12.6. The molecule has 5 heteroatoms. The molecule has 16 heavy (non-hydrogen) atoms. The Bertz CT molecular complexity index is 267. The Kier molecular flexibility index (Phi) is 3.78. The van der Waals surface area contributed by atoms with E-state index in [4.69, 9.17) is 0 Å². The molecule has 0 bridgehead atoms. The number of rotatable bonds is 3. The molecule has 1 heterocycles. The first-order valence-electron chi connectivity index (χ1n) is 5.70. The lowest BCUT2D eigenvalue weighted by atomic mass is 9.79. The van der Waals surface area contributed by atoms with E-state index in [0.717, 1.165) is 19.5 Å². The van der Waals surface area contributed by atoms with Crippen molar-refractivity contribution in [3.8, 4) is 0 Å². The average molecular weight is 234 g/mol. The number of likely N-dealkylation sites (tertiary alicyclic amines) is 1. The summed E-state index contributed by atoms with van der Waals surface area (Å²) in [6.45, 7) is 6.19. The fraction of sp³-hybridized carbons (Fsp3) is 0.818. The van der Waals surface area contributed by atoms with E-state index >= 15 is 0 Å². The zero-order valence-electron chi connectivity index (χ0n) is 10.3. The Hall–Kier alpha value is -0.445. The predicted octanol–water partition coefficient (Wildman–Crippen LogP) is 3.30. The van der Waals surface area contributed by atoms with E-state index < -0.39 is 12.4 Å². The molecule has 0 N–H and O–H groups in total. The monoisotopic (exact) mass is 234 g/mol. The fourth-order valence-corrected chi connectivity index (χ4v) is 2.07. The highest BCUT2D eigenvalue weighted by Crippen LogP contribution is 2.34. The molecule has 1 aliphatic rings. The minimum Gasteiger partial charge on any atom is -0.445 e. The van der Waals surface area contributed by atoms with Crippen LogP contribution < -0.4 is 0 Å². The molecule has 1 fully saturated rings. The van der Waals surface area contributed by atoms with Gasteiger partial charge in [0.2, 0.25) is 0 Å². The maximum absolute atomic E-state index is 12.4. The van der Waals surface area contributed by atoms with Crippen LogP contribution >= 0.6 is 0 Å². The summed E-state index contributed by atoms with van der Waals surface area (Å²) in [6, 6.07) is 0. The van der Waals surface area contributed by atoms with Crippen molar-refractivity contribution >= 4 is 6.98 Å². The molecule has 0 aromatic rings. The van der Waals surface area contributed by atoms with E-state index in [2.05, 4.69) is 27.4 Å². The van der Waals surface area contributed by atoms with E-state index in [1.54, 1.807) is 0 Å². The van der Waals surface area contributed by atoms with Crippen molar-refractivity contribution in [2.45, 2.75) is 27.2 Å². The van der Waals surface area contributed by atoms with Gasteiger partial charge in [-0.25, -0.2) is 0 Å². The van der Waals surface area contributed by atoms with Crippen LogP contribution in [0.3, 0.4) is 0 Å². The molecule has 1 aliphatic heterocycles. The predicted molar refractivity (Wildman–Crippen MR) is 62.2 cm³/mol. The summed E-state index contributed by atoms with van der Waals surface area (Å²) in [5, 5.41) is 0. The molecule has 1 saturated heterocycles. The minimum atomic E-state index is -4.87. The van der Waals surface area contributed by atoms with Crippen LogP contribution in [-0.2, 0) is 0 Å². The zero-order valence-corrected chi connectivity index (χ0v) is 10.3. The minimum absolute atomic E-state index is 0.0178. The quantitative estimate of drug-likeness (QED) is 0.677. The van der Waals surface area contributed by atoms with E-state index in [1.165, 1.54) is 0 Å². The van der Waals surface area contributed by atoms with Gasteiger partial charge in [0.15, 0.2) is 0 Å². The van der Waals surface area contributed by atoms with Crippen LogP contribution in [0.25, 0.3) is 0 Å². The van der Waals surface area contributed by atoms with Crippen LogP contribution in [0.4, 0.5) is 12.9 Å². The van der Waals surface area contributed by atoms with E-state index in [-0.39, 0.29) is 12.0 Å². The average Bonchev–Trinajstić information content (AvgIpc) is 2.49. The number of hydrogen-bond donors (Lipinski definition) is 0. The van der Waals surface area contributed by atoms with Crippen LogP contribution in [0.2, 0.25) is 0 Å². The summed E-state index contributed by atoms with van der Waals surface area (Å²) in [7, 11) is 0. The highest BCUT2D eigenvalue weighted by atomic mass is 19.4. The molecule has 1 atom stereocenters. The molecule has 94 valence electrons. The van der Waals surface area contributed by atoms with E-state index in [0.29, 0.717) is 5.92 Å². The van der Waals surface area contributed by atoms with Gasteiger partial charge < -0.3 is 17.8 Å². The van der Waals surface area contributed by atoms with Crippen LogP contribution in [0, 0.1) is 11.3 Å². The van der Waals surface area contributed by atoms with Crippen molar-refractivity contribution in [1.29, 1.82) is 0 Å². The van der Waals surface area contributed by atoms with Gasteiger partial charge in [0.25, 0.3) is 0 Å². The summed E-state index contributed by atoms with van der Waals surface area (Å²) < 4.78 is 37.1. The van der Waals surface area contributed by atoms with Gasteiger partial charge in [-0.3, -0.25) is 0 Å². The summed E-state index contributed by atoms with van der Waals surface area (Å²) >= 11 is 0. The molecule has 1 unspecified atom stereocenters. The van der Waals surface area contributed by atoms with Gasteiger partial charge in [-0.1, -0.05) is 20.8 Å². The van der Waals surface area contributed by atoms with Crippen LogP contribution in [0.1, 0.15) is 27.2 Å². The third-order valence-electron chi connectivity index (χ3n) is 3.39. The fourth-order valence-electron chi connectivity index (χ4n) is 2.07. The second-order valence-corrected chi connectivity index (χ2v) is 5.82. The number of hydrogen-bond acceptors (Lipinski definition) is 1. The molecule has 0 aliphatic carbocycles. The van der Waals surface area contributed by atoms with Crippen molar-refractivity contribution in [3.63, 3.8) is 0 Å². The Morgan fingerprint density at radius 3 is 2.31 bits per heavy atom. The third-order valence-corrected chi connectivity index (χ3v) is 3.39. The molecule has 0 amide bonds. The molecule has 0 spiro atoms. The van der Waals surface area contributed by atoms with Gasteiger partial charge in [-0.05, 0) is 30.8 Å². The molecule has 1 rings (SSSR count). The summed E-state index contributed by atoms with van der Waals surface area (Å²) in [6.07, 6.45) is 0.988. The van der Waals surface area contributed by atoms with Gasteiger partial charge >= 0.3 is 6.98 Å². The van der Waals surface area contributed by atoms with Crippen LogP contribution in [-0.4, -0.2) is 31.5 Å². The van der Waals surface area contributed by atoms with Gasteiger partial charge in [-0.15, -0.1) is 12.1 Å². The molecule has 0 aromatic heterocycles. The second-order valence-electron chi connectivity index (χ2n) is 5.82. The summed E-state index contributed by atoms with van der Waals surface area (Å²) in [5.74, 6) is 0.487. The Labute approximate surface area is 95.8 Å². The Balaban J connectivity index is 2.47. The topological polar surface area (TPSA) is 3.24 Å². The second kappa shape index (κ2) is 4.44. The van der Waals surface area contributed by atoms with Gasteiger partial charge in [0.05, 0.1) is 0 Å². The van der Waals surface area contributed by atoms with E-state index in [1.807, 2.05) is 4.90 Å². The Morgan fingerprint density at radius 2 is 1.94 bits per heavy atom. The lowest BCUT2D eigenvalue weighted by Crippen LogP contribution is -2.32. The molecule has 0 radical (unpaired) electrons. The molecule has 1 nitrogen and oxygen atoms in total. The Morgan fingerprint density at radius 1 is 1.38 bits per heavy atom. The third kappa shape index (κ3) is 3.54. The smallest absolute Gasteiger partial charge is 0.445 e. The lowest BCUT2D eigenvalue weighted by Gasteiger charge is -2.28. The highest BCUT2D eigenvalue weighted by molar-refractivity contribution is 6.66.